The van der Waals surface area contributed by atoms with Gasteiger partial charge in [-0.15, -0.1) is 11.3 Å². The number of amides is 1. The third-order valence-electron chi connectivity index (χ3n) is 3.56. The van der Waals surface area contributed by atoms with E-state index < -0.39 is 6.10 Å². The van der Waals surface area contributed by atoms with E-state index in [2.05, 4.69) is 10.1 Å². The highest BCUT2D eigenvalue weighted by atomic mass is 32.1. The molecule has 0 saturated heterocycles. The Bertz CT molecular complexity index is 813. The van der Waals surface area contributed by atoms with Crippen LogP contribution in [-0.2, 0) is 6.54 Å². The molecule has 0 aliphatic carbocycles. The van der Waals surface area contributed by atoms with Crippen LogP contribution in [0.15, 0.2) is 46.6 Å². The van der Waals surface area contributed by atoms with Crippen molar-refractivity contribution in [3.8, 4) is 10.6 Å². The normalized spacial score (nSPS) is 12.1. The molecule has 24 heavy (non-hydrogen) atoms. The summed E-state index contributed by atoms with van der Waals surface area (Å²) < 4.78 is 5.25. The van der Waals surface area contributed by atoms with Crippen LogP contribution in [0.4, 0.5) is 0 Å². The average molecular weight is 343 g/mol. The second-order valence-electron chi connectivity index (χ2n) is 5.45. The lowest BCUT2D eigenvalue weighted by molar-refractivity contribution is 0.0773. The van der Waals surface area contributed by atoms with E-state index in [1.54, 1.807) is 31.3 Å². The summed E-state index contributed by atoms with van der Waals surface area (Å²) in [6.45, 7) is 1.96. The minimum absolute atomic E-state index is 0.182. The molecule has 1 N–H and O–H groups in total. The van der Waals surface area contributed by atoms with Gasteiger partial charge in [0.15, 0.2) is 5.76 Å². The Hall–Kier alpha value is -2.51. The lowest BCUT2D eigenvalue weighted by Crippen LogP contribution is -2.27. The molecule has 1 atom stereocenters. The number of carbonyl (C=O) groups is 1. The maximum absolute atomic E-state index is 13.0. The topological polar surface area (TPSA) is 79.5 Å². The van der Waals surface area contributed by atoms with Gasteiger partial charge in [0.2, 0.25) is 0 Å². The lowest BCUT2D eigenvalue weighted by Gasteiger charge is -2.17. The summed E-state index contributed by atoms with van der Waals surface area (Å²) in [7, 11) is 1.70. The van der Waals surface area contributed by atoms with E-state index in [-0.39, 0.29) is 11.7 Å². The van der Waals surface area contributed by atoms with Crippen LogP contribution in [0, 0.1) is 0 Å². The minimum Gasteiger partial charge on any atom is -0.385 e. The van der Waals surface area contributed by atoms with E-state index in [1.807, 2.05) is 29.6 Å². The number of hydrogen-bond acceptors (Lipinski definition) is 6. The molecule has 6 nitrogen and oxygen atoms in total. The molecule has 0 fully saturated rings. The molecular formula is C17H17N3O3S. The molecule has 1 amide bonds. The van der Waals surface area contributed by atoms with Crippen molar-refractivity contribution in [2.24, 2.45) is 0 Å². The summed E-state index contributed by atoms with van der Waals surface area (Å²) in [6.07, 6.45) is 2.48. The van der Waals surface area contributed by atoms with E-state index in [0.717, 1.165) is 10.4 Å². The number of carbonyl (C=O) groups excluding carboxylic acids is 1. The van der Waals surface area contributed by atoms with Crippen LogP contribution < -0.4 is 0 Å². The van der Waals surface area contributed by atoms with Crippen LogP contribution in [0.2, 0.25) is 0 Å². The van der Waals surface area contributed by atoms with E-state index in [9.17, 15) is 9.90 Å². The maximum atomic E-state index is 13.0. The van der Waals surface area contributed by atoms with Crippen LogP contribution in [0.3, 0.4) is 0 Å². The monoisotopic (exact) mass is 343 g/mol. The Labute approximate surface area is 143 Å². The predicted octanol–water partition coefficient (Wildman–Crippen LogP) is 3.12. The van der Waals surface area contributed by atoms with Crippen molar-refractivity contribution in [1.29, 1.82) is 0 Å². The summed E-state index contributed by atoms with van der Waals surface area (Å²) >= 11 is 1.46. The molecule has 0 aliphatic rings. The predicted molar refractivity (Wildman–Crippen MR) is 90.5 cm³/mol. The fraction of sp³-hybridized carbons (Fsp3) is 0.235. The SMILES string of the molecule is C[C@H](O)c1onc(-c2cccs2)c1C(=O)N(C)Cc1cccnc1. The maximum Gasteiger partial charge on any atom is 0.259 e. The zero-order valence-electron chi connectivity index (χ0n) is 13.3. The van der Waals surface area contributed by atoms with Crippen molar-refractivity contribution < 1.29 is 14.4 Å². The Morgan fingerprint density at radius 1 is 1.42 bits per heavy atom. The summed E-state index contributed by atoms with van der Waals surface area (Å²) in [6, 6.07) is 7.47. The van der Waals surface area contributed by atoms with Gasteiger partial charge in [0.1, 0.15) is 17.4 Å². The number of aliphatic hydroxyl groups excluding tert-OH is 1. The smallest absolute Gasteiger partial charge is 0.259 e. The number of rotatable bonds is 5. The van der Waals surface area contributed by atoms with Gasteiger partial charge < -0.3 is 14.5 Å². The molecule has 0 aromatic carbocycles. The first-order valence-electron chi connectivity index (χ1n) is 7.43. The zero-order valence-corrected chi connectivity index (χ0v) is 14.2. The molecule has 7 heteroatoms. The summed E-state index contributed by atoms with van der Waals surface area (Å²) in [5, 5.41) is 15.8. The summed E-state index contributed by atoms with van der Waals surface area (Å²) in [5.41, 5.74) is 1.68. The third kappa shape index (κ3) is 3.22. The van der Waals surface area contributed by atoms with Gasteiger partial charge in [-0.05, 0) is 30.0 Å². The number of aromatic nitrogens is 2. The van der Waals surface area contributed by atoms with Gasteiger partial charge in [0.25, 0.3) is 5.91 Å². The van der Waals surface area contributed by atoms with E-state index in [0.29, 0.717) is 17.8 Å². The number of aliphatic hydroxyl groups is 1. The number of hydrogen-bond donors (Lipinski definition) is 1. The Morgan fingerprint density at radius 2 is 2.25 bits per heavy atom. The Balaban J connectivity index is 1.95. The van der Waals surface area contributed by atoms with E-state index in [4.69, 9.17) is 4.52 Å². The number of pyridine rings is 1. The van der Waals surface area contributed by atoms with Crippen molar-refractivity contribution >= 4 is 17.2 Å². The van der Waals surface area contributed by atoms with Crippen LogP contribution in [0.25, 0.3) is 10.6 Å². The zero-order chi connectivity index (χ0) is 17.1. The highest BCUT2D eigenvalue weighted by Crippen LogP contribution is 2.32. The van der Waals surface area contributed by atoms with Gasteiger partial charge >= 0.3 is 0 Å². The molecule has 3 rings (SSSR count). The van der Waals surface area contributed by atoms with E-state index in [1.165, 1.54) is 11.3 Å². The van der Waals surface area contributed by atoms with Gasteiger partial charge in [0, 0.05) is 26.0 Å². The molecular weight excluding hydrogens is 326 g/mol. The number of thiophene rings is 1. The largest absolute Gasteiger partial charge is 0.385 e. The van der Waals surface area contributed by atoms with Gasteiger partial charge in [-0.1, -0.05) is 17.3 Å². The van der Waals surface area contributed by atoms with Gasteiger partial charge in [-0.2, -0.15) is 0 Å². The number of nitrogens with zero attached hydrogens (tertiary/aromatic N) is 3. The Morgan fingerprint density at radius 3 is 2.88 bits per heavy atom. The highest BCUT2D eigenvalue weighted by molar-refractivity contribution is 7.13. The molecule has 3 heterocycles. The first-order valence-corrected chi connectivity index (χ1v) is 8.31. The molecule has 0 unspecified atom stereocenters. The second kappa shape index (κ2) is 6.94. The standard InChI is InChI=1S/C17H17N3O3S/c1-11(21)16-14(15(19-23-16)13-6-4-8-24-13)17(22)20(2)10-12-5-3-7-18-9-12/h3-9,11,21H,10H2,1-2H3/t11-/m0/s1. The second-order valence-corrected chi connectivity index (χ2v) is 6.39. The molecule has 0 radical (unpaired) electrons. The summed E-state index contributed by atoms with van der Waals surface area (Å²) in [5.74, 6) is -0.0687. The van der Waals surface area contributed by atoms with Gasteiger partial charge in [-0.25, -0.2) is 0 Å². The highest BCUT2D eigenvalue weighted by Gasteiger charge is 2.29. The molecule has 0 saturated carbocycles. The average Bonchev–Trinajstić information content (AvgIpc) is 3.24. The van der Waals surface area contributed by atoms with Crippen LogP contribution >= 0.6 is 11.3 Å². The van der Waals surface area contributed by atoms with Gasteiger partial charge in [-0.3, -0.25) is 9.78 Å². The first kappa shape index (κ1) is 16.4. The molecule has 124 valence electrons. The molecule has 0 bridgehead atoms. The quantitative estimate of drug-likeness (QED) is 0.770. The first-order chi connectivity index (χ1) is 11.6. The summed E-state index contributed by atoms with van der Waals surface area (Å²) in [4.78, 5) is 19.4. The van der Waals surface area contributed by atoms with Crippen molar-refractivity contribution in [1.82, 2.24) is 15.0 Å². The minimum atomic E-state index is -0.919. The molecule has 3 aromatic heterocycles. The van der Waals surface area contributed by atoms with Crippen LogP contribution in [-0.4, -0.2) is 33.1 Å². The third-order valence-corrected chi connectivity index (χ3v) is 4.43. The van der Waals surface area contributed by atoms with Crippen molar-refractivity contribution in [2.45, 2.75) is 19.6 Å². The molecule has 3 aromatic rings. The van der Waals surface area contributed by atoms with Crippen molar-refractivity contribution in [2.75, 3.05) is 7.05 Å². The van der Waals surface area contributed by atoms with E-state index >= 15 is 0 Å². The Kier molecular flexibility index (Phi) is 4.73. The molecule has 0 aliphatic heterocycles. The lowest BCUT2D eigenvalue weighted by atomic mass is 10.1. The van der Waals surface area contributed by atoms with Crippen molar-refractivity contribution in [3.63, 3.8) is 0 Å². The van der Waals surface area contributed by atoms with Crippen molar-refractivity contribution in [3.05, 3.63) is 58.9 Å². The van der Waals surface area contributed by atoms with Gasteiger partial charge in [0.05, 0.1) is 4.88 Å². The van der Waals surface area contributed by atoms with Crippen LogP contribution in [0.5, 0.6) is 0 Å². The fourth-order valence-electron chi connectivity index (χ4n) is 2.40. The fourth-order valence-corrected chi connectivity index (χ4v) is 3.12. The molecule has 0 spiro atoms. The van der Waals surface area contributed by atoms with Crippen LogP contribution in [0.1, 0.15) is 34.7 Å².